The molecule has 3 nitrogen and oxygen atoms in total. The van der Waals surface area contributed by atoms with Gasteiger partial charge in [-0.1, -0.05) is 17.8 Å². The van der Waals surface area contributed by atoms with Gasteiger partial charge in [0.05, 0.1) is 0 Å². The number of thioether (sulfide) groups is 1. The van der Waals surface area contributed by atoms with E-state index >= 15 is 0 Å². The van der Waals surface area contributed by atoms with Crippen LogP contribution in [0.4, 0.5) is 11.5 Å². The van der Waals surface area contributed by atoms with Crippen LogP contribution in [0.3, 0.4) is 0 Å². The van der Waals surface area contributed by atoms with Crippen LogP contribution in [0.25, 0.3) is 0 Å². The first kappa shape index (κ1) is 12.9. The summed E-state index contributed by atoms with van der Waals surface area (Å²) in [5.74, 6) is 0.843. The molecule has 1 aromatic carbocycles. The van der Waals surface area contributed by atoms with Crippen molar-refractivity contribution < 1.29 is 0 Å². The molecule has 0 aliphatic rings. The van der Waals surface area contributed by atoms with E-state index in [-0.39, 0.29) is 0 Å². The van der Waals surface area contributed by atoms with Gasteiger partial charge in [-0.25, -0.2) is 9.97 Å². The molecular weight excluding hydrogens is 242 g/mol. The lowest BCUT2D eigenvalue weighted by Crippen LogP contribution is -1.98. The molecule has 0 radical (unpaired) electrons. The maximum absolute atomic E-state index is 4.44. The van der Waals surface area contributed by atoms with Crippen LogP contribution in [0, 0.1) is 20.8 Å². The molecular formula is C14H17N3S. The SMILES string of the molecule is CSc1nc(C)cc(Nc2ccc(C)c(C)c2)n1. The average molecular weight is 259 g/mol. The van der Waals surface area contributed by atoms with Gasteiger partial charge >= 0.3 is 0 Å². The summed E-state index contributed by atoms with van der Waals surface area (Å²) >= 11 is 1.55. The fourth-order valence-electron chi connectivity index (χ4n) is 1.66. The zero-order valence-electron chi connectivity index (χ0n) is 11.1. The van der Waals surface area contributed by atoms with Crippen molar-refractivity contribution in [2.45, 2.75) is 25.9 Å². The number of nitrogens with zero attached hydrogens (tertiary/aromatic N) is 2. The van der Waals surface area contributed by atoms with Crippen LogP contribution in [0.1, 0.15) is 16.8 Å². The summed E-state index contributed by atoms with van der Waals surface area (Å²) in [5.41, 5.74) is 4.60. The van der Waals surface area contributed by atoms with Gasteiger partial charge in [-0.05, 0) is 50.3 Å². The van der Waals surface area contributed by atoms with Gasteiger partial charge in [0, 0.05) is 17.4 Å². The summed E-state index contributed by atoms with van der Waals surface area (Å²) in [5, 5.41) is 4.12. The van der Waals surface area contributed by atoms with E-state index in [2.05, 4.69) is 47.3 Å². The summed E-state index contributed by atoms with van der Waals surface area (Å²) < 4.78 is 0. The first-order chi connectivity index (χ1) is 8.58. The quantitative estimate of drug-likeness (QED) is 0.671. The highest BCUT2D eigenvalue weighted by Gasteiger charge is 2.02. The number of hydrogen-bond donors (Lipinski definition) is 1. The van der Waals surface area contributed by atoms with Crippen molar-refractivity contribution in [1.29, 1.82) is 0 Å². The molecule has 1 N–H and O–H groups in total. The summed E-state index contributed by atoms with van der Waals surface area (Å²) in [4.78, 5) is 8.78. The van der Waals surface area contributed by atoms with Gasteiger partial charge in [-0.3, -0.25) is 0 Å². The second kappa shape index (κ2) is 5.40. The lowest BCUT2D eigenvalue weighted by Gasteiger charge is -2.09. The highest BCUT2D eigenvalue weighted by molar-refractivity contribution is 7.98. The number of rotatable bonds is 3. The molecule has 0 saturated carbocycles. The molecule has 4 heteroatoms. The topological polar surface area (TPSA) is 37.8 Å². The Balaban J connectivity index is 2.27. The van der Waals surface area contributed by atoms with Crippen LogP contribution in [0.5, 0.6) is 0 Å². The molecule has 94 valence electrons. The molecule has 1 aromatic heterocycles. The third kappa shape index (κ3) is 3.01. The predicted molar refractivity (Wildman–Crippen MR) is 77.7 cm³/mol. The number of benzene rings is 1. The Bertz CT molecular complexity index is 567. The Morgan fingerprint density at radius 1 is 1.00 bits per heavy atom. The Labute approximate surface area is 112 Å². The Morgan fingerprint density at radius 2 is 1.78 bits per heavy atom. The normalized spacial score (nSPS) is 10.4. The fourth-order valence-corrected chi connectivity index (χ4v) is 2.09. The summed E-state index contributed by atoms with van der Waals surface area (Å²) in [7, 11) is 0. The van der Waals surface area contributed by atoms with Gasteiger partial charge in [0.25, 0.3) is 0 Å². The van der Waals surface area contributed by atoms with Crippen LogP contribution in [0.2, 0.25) is 0 Å². The van der Waals surface area contributed by atoms with Crippen molar-refractivity contribution in [1.82, 2.24) is 9.97 Å². The van der Waals surface area contributed by atoms with E-state index in [1.165, 1.54) is 11.1 Å². The van der Waals surface area contributed by atoms with E-state index in [4.69, 9.17) is 0 Å². The van der Waals surface area contributed by atoms with Gasteiger partial charge in [0.15, 0.2) is 5.16 Å². The zero-order valence-corrected chi connectivity index (χ0v) is 11.9. The lowest BCUT2D eigenvalue weighted by molar-refractivity contribution is 0.940. The molecule has 0 saturated heterocycles. The van der Waals surface area contributed by atoms with Gasteiger partial charge in [-0.15, -0.1) is 0 Å². The van der Waals surface area contributed by atoms with Crippen LogP contribution >= 0.6 is 11.8 Å². The van der Waals surface area contributed by atoms with Crippen LogP contribution in [-0.4, -0.2) is 16.2 Å². The second-order valence-corrected chi connectivity index (χ2v) is 5.08. The fraction of sp³-hybridized carbons (Fsp3) is 0.286. The maximum atomic E-state index is 4.44. The van der Waals surface area contributed by atoms with Gasteiger partial charge in [0.1, 0.15) is 5.82 Å². The van der Waals surface area contributed by atoms with E-state index in [0.29, 0.717) is 0 Å². The van der Waals surface area contributed by atoms with Crippen LogP contribution < -0.4 is 5.32 Å². The highest BCUT2D eigenvalue weighted by atomic mass is 32.2. The molecule has 0 aliphatic heterocycles. The Hall–Kier alpha value is -1.55. The largest absolute Gasteiger partial charge is 0.340 e. The highest BCUT2D eigenvalue weighted by Crippen LogP contribution is 2.20. The number of aryl methyl sites for hydroxylation is 3. The van der Waals surface area contributed by atoms with Crippen molar-refractivity contribution in [3.8, 4) is 0 Å². The van der Waals surface area contributed by atoms with E-state index < -0.39 is 0 Å². The third-order valence-electron chi connectivity index (χ3n) is 2.80. The van der Waals surface area contributed by atoms with Crippen molar-refractivity contribution in [3.05, 3.63) is 41.1 Å². The van der Waals surface area contributed by atoms with Crippen LogP contribution in [-0.2, 0) is 0 Å². The van der Waals surface area contributed by atoms with E-state index in [0.717, 1.165) is 22.4 Å². The molecule has 2 aromatic rings. The van der Waals surface area contributed by atoms with Crippen molar-refractivity contribution in [2.75, 3.05) is 11.6 Å². The molecule has 2 rings (SSSR count). The predicted octanol–water partition coefficient (Wildman–Crippen LogP) is 3.87. The van der Waals surface area contributed by atoms with Crippen molar-refractivity contribution in [2.24, 2.45) is 0 Å². The first-order valence-corrected chi connectivity index (χ1v) is 7.05. The van der Waals surface area contributed by atoms with Crippen LogP contribution in [0.15, 0.2) is 29.4 Å². The maximum Gasteiger partial charge on any atom is 0.189 e. The third-order valence-corrected chi connectivity index (χ3v) is 3.34. The molecule has 0 atom stereocenters. The molecule has 18 heavy (non-hydrogen) atoms. The first-order valence-electron chi connectivity index (χ1n) is 5.82. The van der Waals surface area contributed by atoms with Gasteiger partial charge in [0.2, 0.25) is 0 Å². The Kier molecular flexibility index (Phi) is 3.87. The van der Waals surface area contributed by atoms with E-state index in [9.17, 15) is 0 Å². The number of anilines is 2. The zero-order chi connectivity index (χ0) is 13.1. The van der Waals surface area contributed by atoms with Crippen molar-refractivity contribution in [3.63, 3.8) is 0 Å². The number of aromatic nitrogens is 2. The molecule has 1 heterocycles. The van der Waals surface area contributed by atoms with E-state index in [1.54, 1.807) is 11.8 Å². The number of nitrogens with one attached hydrogen (secondary N) is 1. The minimum atomic E-state index is 0.793. The molecule has 0 spiro atoms. The standard InChI is InChI=1S/C14H17N3S/c1-9-5-6-12(7-10(9)2)16-13-8-11(3)15-14(17-13)18-4/h5-8H,1-4H3,(H,15,16,17). The second-order valence-electron chi connectivity index (χ2n) is 4.31. The number of hydrogen-bond acceptors (Lipinski definition) is 4. The molecule has 0 aliphatic carbocycles. The smallest absolute Gasteiger partial charge is 0.189 e. The monoisotopic (exact) mass is 259 g/mol. The van der Waals surface area contributed by atoms with Crippen molar-refractivity contribution >= 4 is 23.3 Å². The summed E-state index contributed by atoms with van der Waals surface area (Å²) in [6.07, 6.45) is 1.98. The summed E-state index contributed by atoms with van der Waals surface area (Å²) in [6.45, 7) is 6.20. The lowest BCUT2D eigenvalue weighted by atomic mass is 10.1. The van der Waals surface area contributed by atoms with Gasteiger partial charge in [-0.2, -0.15) is 0 Å². The average Bonchev–Trinajstić information content (AvgIpc) is 2.33. The van der Waals surface area contributed by atoms with E-state index in [1.807, 2.05) is 19.2 Å². The minimum absolute atomic E-state index is 0.793. The molecule has 0 amide bonds. The van der Waals surface area contributed by atoms with Gasteiger partial charge < -0.3 is 5.32 Å². The minimum Gasteiger partial charge on any atom is -0.340 e. The molecule has 0 bridgehead atoms. The molecule has 0 fully saturated rings. The molecule has 0 unspecified atom stereocenters. The Morgan fingerprint density at radius 3 is 2.44 bits per heavy atom. The summed E-state index contributed by atoms with van der Waals surface area (Å²) in [6, 6.07) is 8.26.